The lowest BCUT2D eigenvalue weighted by Crippen LogP contribution is -2.26. The molecule has 3 heterocycles. The Morgan fingerprint density at radius 2 is 2.16 bits per heavy atom. The Labute approximate surface area is 150 Å². The molecule has 1 unspecified atom stereocenters. The molecule has 4 rings (SSSR count). The predicted octanol–water partition coefficient (Wildman–Crippen LogP) is 2.79. The SMILES string of the molecule is CCCc1cc(=O)n2nc(N3CCC(Nc4ccccc4)C3)sc2n1. The average molecular weight is 355 g/mol. The second-order valence-corrected chi connectivity index (χ2v) is 7.29. The topological polar surface area (TPSA) is 62.5 Å². The van der Waals surface area contributed by atoms with Gasteiger partial charge in [0.1, 0.15) is 0 Å². The zero-order valence-corrected chi connectivity index (χ0v) is 15.0. The summed E-state index contributed by atoms with van der Waals surface area (Å²) in [5.41, 5.74) is 1.91. The van der Waals surface area contributed by atoms with Gasteiger partial charge < -0.3 is 10.2 Å². The van der Waals surface area contributed by atoms with Crippen molar-refractivity contribution in [3.05, 3.63) is 52.4 Å². The van der Waals surface area contributed by atoms with Crippen molar-refractivity contribution in [3.8, 4) is 0 Å². The maximum atomic E-state index is 12.2. The maximum absolute atomic E-state index is 12.2. The van der Waals surface area contributed by atoms with Crippen molar-refractivity contribution in [2.24, 2.45) is 0 Å². The van der Waals surface area contributed by atoms with Crippen LogP contribution in [0.4, 0.5) is 10.8 Å². The third-order valence-corrected chi connectivity index (χ3v) is 5.37. The number of para-hydroxylation sites is 1. The van der Waals surface area contributed by atoms with Crippen LogP contribution in [-0.4, -0.2) is 33.7 Å². The van der Waals surface area contributed by atoms with Gasteiger partial charge in [-0.3, -0.25) is 4.79 Å². The molecule has 7 heteroatoms. The molecule has 130 valence electrons. The van der Waals surface area contributed by atoms with Crippen molar-refractivity contribution < 1.29 is 0 Å². The molecule has 1 atom stereocenters. The lowest BCUT2D eigenvalue weighted by Gasteiger charge is -2.16. The van der Waals surface area contributed by atoms with E-state index in [1.165, 1.54) is 15.9 Å². The lowest BCUT2D eigenvalue weighted by molar-refractivity contribution is 0.802. The fraction of sp³-hybridized carbons (Fsp3) is 0.389. The van der Waals surface area contributed by atoms with Crippen molar-refractivity contribution in [1.29, 1.82) is 0 Å². The number of aromatic nitrogens is 3. The van der Waals surface area contributed by atoms with E-state index in [1.807, 2.05) is 18.2 Å². The van der Waals surface area contributed by atoms with Gasteiger partial charge in [0, 0.05) is 36.6 Å². The zero-order valence-electron chi connectivity index (χ0n) is 14.2. The molecular formula is C18H21N5OS. The fourth-order valence-electron chi connectivity index (χ4n) is 3.18. The summed E-state index contributed by atoms with van der Waals surface area (Å²) < 4.78 is 1.43. The van der Waals surface area contributed by atoms with Gasteiger partial charge in [-0.2, -0.15) is 4.52 Å². The van der Waals surface area contributed by atoms with Crippen molar-refractivity contribution in [2.75, 3.05) is 23.3 Å². The molecule has 2 aromatic heterocycles. The number of rotatable bonds is 5. The minimum absolute atomic E-state index is 0.0888. The van der Waals surface area contributed by atoms with Gasteiger partial charge >= 0.3 is 0 Å². The summed E-state index contributed by atoms with van der Waals surface area (Å²) in [4.78, 5) is 19.7. The number of benzene rings is 1. The highest BCUT2D eigenvalue weighted by molar-refractivity contribution is 7.20. The normalized spacial score (nSPS) is 17.3. The van der Waals surface area contributed by atoms with Crippen LogP contribution < -0.4 is 15.8 Å². The predicted molar refractivity (Wildman–Crippen MR) is 102 cm³/mol. The second kappa shape index (κ2) is 6.84. The van der Waals surface area contributed by atoms with Gasteiger partial charge in [-0.1, -0.05) is 42.9 Å². The maximum Gasteiger partial charge on any atom is 0.275 e. The molecule has 1 aromatic carbocycles. The number of nitrogens with zero attached hydrogens (tertiary/aromatic N) is 4. The first-order chi connectivity index (χ1) is 12.2. The van der Waals surface area contributed by atoms with Gasteiger partial charge in [0.25, 0.3) is 5.56 Å². The summed E-state index contributed by atoms with van der Waals surface area (Å²) in [7, 11) is 0. The van der Waals surface area contributed by atoms with E-state index < -0.39 is 0 Å². The Morgan fingerprint density at radius 1 is 1.32 bits per heavy atom. The van der Waals surface area contributed by atoms with Gasteiger partial charge in [-0.25, -0.2) is 4.98 Å². The van der Waals surface area contributed by atoms with E-state index in [0.29, 0.717) is 11.0 Å². The van der Waals surface area contributed by atoms with E-state index in [4.69, 9.17) is 0 Å². The Morgan fingerprint density at radius 3 is 2.96 bits per heavy atom. The van der Waals surface area contributed by atoms with Gasteiger partial charge in [0.2, 0.25) is 10.1 Å². The van der Waals surface area contributed by atoms with Crippen molar-refractivity contribution in [1.82, 2.24) is 14.6 Å². The Balaban J connectivity index is 1.52. The van der Waals surface area contributed by atoms with Crippen LogP contribution in [0.2, 0.25) is 0 Å². The first-order valence-electron chi connectivity index (χ1n) is 8.69. The molecule has 0 saturated carbocycles. The molecule has 3 aromatic rings. The first kappa shape index (κ1) is 16.1. The van der Waals surface area contributed by atoms with Crippen molar-refractivity contribution in [2.45, 2.75) is 32.2 Å². The molecular weight excluding hydrogens is 334 g/mol. The molecule has 0 aliphatic carbocycles. The minimum atomic E-state index is -0.0888. The molecule has 6 nitrogen and oxygen atoms in total. The third-order valence-electron chi connectivity index (χ3n) is 4.40. The van der Waals surface area contributed by atoms with Crippen molar-refractivity contribution in [3.63, 3.8) is 0 Å². The molecule has 1 aliphatic rings. The van der Waals surface area contributed by atoms with E-state index in [0.717, 1.165) is 48.9 Å². The van der Waals surface area contributed by atoms with Crippen LogP contribution in [0.25, 0.3) is 4.96 Å². The number of aryl methyl sites for hydroxylation is 1. The van der Waals surface area contributed by atoms with Gasteiger partial charge in [-0.05, 0) is 25.0 Å². The van der Waals surface area contributed by atoms with Crippen LogP contribution in [0.5, 0.6) is 0 Å². The Kier molecular flexibility index (Phi) is 4.40. The first-order valence-corrected chi connectivity index (χ1v) is 9.51. The van der Waals surface area contributed by atoms with Crippen LogP contribution in [0.1, 0.15) is 25.5 Å². The molecule has 25 heavy (non-hydrogen) atoms. The molecule has 1 saturated heterocycles. The zero-order chi connectivity index (χ0) is 17.2. The summed E-state index contributed by atoms with van der Waals surface area (Å²) in [5.74, 6) is 0. The fourth-order valence-corrected chi connectivity index (χ4v) is 4.14. The van der Waals surface area contributed by atoms with Gasteiger partial charge in [-0.15, -0.1) is 5.10 Å². The highest BCUT2D eigenvalue weighted by Gasteiger charge is 2.25. The molecule has 1 N–H and O–H groups in total. The highest BCUT2D eigenvalue weighted by atomic mass is 32.1. The van der Waals surface area contributed by atoms with Crippen LogP contribution in [0.15, 0.2) is 41.2 Å². The van der Waals surface area contributed by atoms with E-state index in [9.17, 15) is 4.79 Å². The van der Waals surface area contributed by atoms with Crippen molar-refractivity contribution >= 4 is 27.1 Å². The summed E-state index contributed by atoms with van der Waals surface area (Å²) in [6, 6.07) is 12.2. The summed E-state index contributed by atoms with van der Waals surface area (Å²) in [6.45, 7) is 3.90. The standard InChI is InChI=1S/C18H21N5OS/c1-2-6-14-11-16(24)23-17(20-14)25-18(21-23)22-10-9-15(12-22)19-13-7-4-3-5-8-13/h3-5,7-8,11,15,19H,2,6,9-10,12H2,1H3. The average Bonchev–Trinajstić information content (AvgIpc) is 3.23. The van der Waals surface area contributed by atoms with Crippen LogP contribution >= 0.6 is 11.3 Å². The van der Waals surface area contributed by atoms with E-state index in [2.05, 4.69) is 39.4 Å². The molecule has 0 bridgehead atoms. The second-order valence-electron chi connectivity index (χ2n) is 6.36. The number of fused-ring (bicyclic) bond motifs is 1. The Bertz CT molecular complexity index is 920. The number of anilines is 2. The molecule has 0 amide bonds. The highest BCUT2D eigenvalue weighted by Crippen LogP contribution is 2.26. The largest absolute Gasteiger partial charge is 0.380 e. The van der Waals surface area contributed by atoms with E-state index in [1.54, 1.807) is 6.07 Å². The molecule has 0 radical (unpaired) electrons. The quantitative estimate of drug-likeness (QED) is 0.762. The van der Waals surface area contributed by atoms with Crippen LogP contribution in [0.3, 0.4) is 0 Å². The smallest absolute Gasteiger partial charge is 0.275 e. The van der Waals surface area contributed by atoms with E-state index >= 15 is 0 Å². The summed E-state index contributed by atoms with van der Waals surface area (Å²) in [5, 5.41) is 8.93. The number of hydrogen-bond donors (Lipinski definition) is 1. The van der Waals surface area contributed by atoms with Gasteiger partial charge in [0.15, 0.2) is 0 Å². The number of nitrogens with one attached hydrogen (secondary N) is 1. The molecule has 0 spiro atoms. The van der Waals surface area contributed by atoms with Crippen LogP contribution in [-0.2, 0) is 6.42 Å². The molecule has 1 aliphatic heterocycles. The molecule has 1 fully saturated rings. The monoisotopic (exact) mass is 355 g/mol. The van der Waals surface area contributed by atoms with Crippen LogP contribution in [0, 0.1) is 0 Å². The van der Waals surface area contributed by atoms with E-state index in [-0.39, 0.29) is 5.56 Å². The number of hydrogen-bond acceptors (Lipinski definition) is 6. The summed E-state index contributed by atoms with van der Waals surface area (Å²) in [6.07, 6.45) is 2.85. The summed E-state index contributed by atoms with van der Waals surface area (Å²) >= 11 is 1.50. The minimum Gasteiger partial charge on any atom is -0.380 e. The van der Waals surface area contributed by atoms with Gasteiger partial charge in [0.05, 0.1) is 0 Å². The Hall–Kier alpha value is -2.41. The lowest BCUT2D eigenvalue weighted by atomic mass is 10.2. The third kappa shape index (κ3) is 3.37.